The topological polar surface area (TPSA) is 12.0 Å². The summed E-state index contributed by atoms with van der Waals surface area (Å²) in [6.07, 6.45) is 2.33. The molecule has 0 spiro atoms. The summed E-state index contributed by atoms with van der Waals surface area (Å²) in [5, 5.41) is 3.50. The highest BCUT2D eigenvalue weighted by atomic mass is 79.9. The second-order valence-corrected chi connectivity index (χ2v) is 6.34. The van der Waals surface area contributed by atoms with Crippen LogP contribution in [0.1, 0.15) is 29.9 Å². The zero-order valence-electron chi connectivity index (χ0n) is 11.2. The lowest BCUT2D eigenvalue weighted by Gasteiger charge is -2.36. The van der Waals surface area contributed by atoms with Crippen molar-refractivity contribution in [2.45, 2.75) is 31.3 Å². The molecule has 2 aromatic rings. The fourth-order valence-electron chi connectivity index (χ4n) is 2.70. The van der Waals surface area contributed by atoms with Gasteiger partial charge in [0.25, 0.3) is 0 Å². The number of nitrogens with one attached hydrogen (secondary N) is 1. The Morgan fingerprint density at radius 2 is 1.85 bits per heavy atom. The van der Waals surface area contributed by atoms with E-state index in [2.05, 4.69) is 45.5 Å². The van der Waals surface area contributed by atoms with Crippen LogP contribution in [0.3, 0.4) is 0 Å². The summed E-state index contributed by atoms with van der Waals surface area (Å²) in [6.45, 7) is 0.746. The molecule has 1 nitrogen and oxygen atoms in total. The Morgan fingerprint density at radius 1 is 1.10 bits per heavy atom. The Kier molecular flexibility index (Phi) is 4.18. The van der Waals surface area contributed by atoms with Crippen LogP contribution in [0.2, 0.25) is 0 Å². The van der Waals surface area contributed by atoms with E-state index in [1.807, 2.05) is 6.07 Å². The zero-order chi connectivity index (χ0) is 13.9. The first kappa shape index (κ1) is 13.8. The lowest BCUT2D eigenvalue weighted by molar-refractivity contribution is 0.289. The predicted octanol–water partition coefficient (Wildman–Crippen LogP) is 4.62. The Morgan fingerprint density at radius 3 is 2.55 bits per heavy atom. The summed E-state index contributed by atoms with van der Waals surface area (Å²) in [4.78, 5) is 0. The summed E-state index contributed by atoms with van der Waals surface area (Å²) in [7, 11) is 0. The van der Waals surface area contributed by atoms with Gasteiger partial charge in [-0.25, -0.2) is 4.39 Å². The molecule has 1 saturated carbocycles. The van der Waals surface area contributed by atoms with E-state index >= 15 is 0 Å². The van der Waals surface area contributed by atoms with Crippen LogP contribution < -0.4 is 5.32 Å². The molecule has 0 amide bonds. The van der Waals surface area contributed by atoms with E-state index < -0.39 is 0 Å². The molecular formula is C17H17BrFN. The van der Waals surface area contributed by atoms with Crippen LogP contribution in [-0.4, -0.2) is 6.04 Å². The standard InChI is InChI=1S/C17H17BrFN/c18-15-6-4-13(5-7-15)14-9-17(10-14)20-11-12-2-1-3-16(19)8-12/h1-8,14,17,20H,9-11H2. The molecule has 2 aromatic carbocycles. The van der Waals surface area contributed by atoms with Gasteiger partial charge in [-0.2, -0.15) is 0 Å². The van der Waals surface area contributed by atoms with Crippen molar-refractivity contribution >= 4 is 15.9 Å². The molecular weight excluding hydrogens is 317 g/mol. The first-order valence-electron chi connectivity index (χ1n) is 6.94. The van der Waals surface area contributed by atoms with Crippen LogP contribution in [0.25, 0.3) is 0 Å². The number of benzene rings is 2. The summed E-state index contributed by atoms with van der Waals surface area (Å²) in [6, 6.07) is 15.9. The van der Waals surface area contributed by atoms with Crippen LogP contribution in [0.15, 0.2) is 53.0 Å². The average Bonchev–Trinajstić information content (AvgIpc) is 2.39. The SMILES string of the molecule is Fc1cccc(CNC2CC(c3ccc(Br)cc3)C2)c1. The lowest BCUT2D eigenvalue weighted by atomic mass is 9.76. The van der Waals surface area contributed by atoms with Gasteiger partial charge in [0, 0.05) is 17.1 Å². The van der Waals surface area contributed by atoms with Crippen LogP contribution in [0.4, 0.5) is 4.39 Å². The third-order valence-electron chi connectivity index (χ3n) is 3.96. The number of rotatable bonds is 4. The third kappa shape index (κ3) is 3.28. The first-order chi connectivity index (χ1) is 9.70. The molecule has 1 fully saturated rings. The molecule has 104 valence electrons. The monoisotopic (exact) mass is 333 g/mol. The van der Waals surface area contributed by atoms with Crippen LogP contribution in [0, 0.1) is 5.82 Å². The maximum atomic E-state index is 13.1. The normalized spacial score (nSPS) is 21.5. The predicted molar refractivity (Wildman–Crippen MR) is 83.1 cm³/mol. The molecule has 0 bridgehead atoms. The van der Waals surface area contributed by atoms with Gasteiger partial charge in [-0.15, -0.1) is 0 Å². The maximum Gasteiger partial charge on any atom is 0.123 e. The van der Waals surface area contributed by atoms with Gasteiger partial charge in [0.15, 0.2) is 0 Å². The van der Waals surface area contributed by atoms with Crippen molar-refractivity contribution in [1.29, 1.82) is 0 Å². The minimum atomic E-state index is -0.161. The van der Waals surface area contributed by atoms with Crippen molar-refractivity contribution in [3.05, 3.63) is 69.9 Å². The molecule has 1 aliphatic carbocycles. The molecule has 0 saturated heterocycles. The molecule has 1 aliphatic rings. The Hall–Kier alpha value is -1.19. The van der Waals surface area contributed by atoms with E-state index in [1.165, 1.54) is 11.6 Å². The molecule has 0 aromatic heterocycles. The Balaban J connectivity index is 1.48. The van der Waals surface area contributed by atoms with E-state index in [1.54, 1.807) is 12.1 Å². The van der Waals surface area contributed by atoms with Crippen molar-refractivity contribution in [3.63, 3.8) is 0 Å². The zero-order valence-corrected chi connectivity index (χ0v) is 12.7. The first-order valence-corrected chi connectivity index (χ1v) is 7.73. The molecule has 1 N–H and O–H groups in total. The minimum absolute atomic E-state index is 0.161. The van der Waals surface area contributed by atoms with Crippen LogP contribution in [0.5, 0.6) is 0 Å². The summed E-state index contributed by atoms with van der Waals surface area (Å²) in [5.74, 6) is 0.499. The van der Waals surface area contributed by atoms with Gasteiger partial charge < -0.3 is 5.32 Å². The molecule has 0 heterocycles. The van der Waals surface area contributed by atoms with Gasteiger partial charge in [-0.1, -0.05) is 40.2 Å². The van der Waals surface area contributed by atoms with Gasteiger partial charge in [0.2, 0.25) is 0 Å². The van der Waals surface area contributed by atoms with E-state index in [-0.39, 0.29) is 5.82 Å². The molecule has 0 aliphatic heterocycles. The summed E-state index contributed by atoms with van der Waals surface area (Å²) >= 11 is 3.46. The van der Waals surface area contributed by atoms with E-state index in [0.29, 0.717) is 12.0 Å². The van der Waals surface area contributed by atoms with Crippen molar-refractivity contribution in [2.75, 3.05) is 0 Å². The highest BCUT2D eigenvalue weighted by Gasteiger charge is 2.29. The fraction of sp³-hybridized carbons (Fsp3) is 0.294. The van der Waals surface area contributed by atoms with Crippen molar-refractivity contribution in [1.82, 2.24) is 5.32 Å². The largest absolute Gasteiger partial charge is 0.310 e. The minimum Gasteiger partial charge on any atom is -0.310 e. The average molecular weight is 334 g/mol. The van der Waals surface area contributed by atoms with Crippen molar-refractivity contribution in [2.24, 2.45) is 0 Å². The lowest BCUT2D eigenvalue weighted by Crippen LogP contribution is -2.39. The van der Waals surface area contributed by atoms with Gasteiger partial charge in [-0.3, -0.25) is 0 Å². The van der Waals surface area contributed by atoms with Gasteiger partial charge in [0.05, 0.1) is 0 Å². The fourth-order valence-corrected chi connectivity index (χ4v) is 2.97. The van der Waals surface area contributed by atoms with Gasteiger partial charge >= 0.3 is 0 Å². The quantitative estimate of drug-likeness (QED) is 0.860. The molecule has 3 rings (SSSR count). The highest BCUT2D eigenvalue weighted by molar-refractivity contribution is 9.10. The molecule has 0 radical (unpaired) electrons. The highest BCUT2D eigenvalue weighted by Crippen LogP contribution is 2.37. The van der Waals surface area contributed by atoms with Gasteiger partial charge in [0.1, 0.15) is 5.82 Å². The number of halogens is 2. The van der Waals surface area contributed by atoms with E-state index in [9.17, 15) is 4.39 Å². The Bertz CT molecular complexity index is 576. The van der Waals surface area contributed by atoms with E-state index in [4.69, 9.17) is 0 Å². The molecule has 0 atom stereocenters. The van der Waals surface area contributed by atoms with Crippen molar-refractivity contribution < 1.29 is 4.39 Å². The smallest absolute Gasteiger partial charge is 0.123 e. The Labute approximate surface area is 127 Å². The summed E-state index contributed by atoms with van der Waals surface area (Å²) in [5.41, 5.74) is 2.43. The van der Waals surface area contributed by atoms with Gasteiger partial charge in [-0.05, 0) is 54.2 Å². The maximum absolute atomic E-state index is 13.1. The number of hydrogen-bond donors (Lipinski definition) is 1. The second kappa shape index (κ2) is 6.06. The van der Waals surface area contributed by atoms with Crippen molar-refractivity contribution in [3.8, 4) is 0 Å². The third-order valence-corrected chi connectivity index (χ3v) is 4.49. The molecule has 3 heteroatoms. The number of hydrogen-bond acceptors (Lipinski definition) is 1. The van der Waals surface area contributed by atoms with Crippen LogP contribution in [-0.2, 0) is 6.54 Å². The summed E-state index contributed by atoms with van der Waals surface area (Å²) < 4.78 is 14.2. The van der Waals surface area contributed by atoms with Crippen LogP contribution >= 0.6 is 15.9 Å². The molecule has 0 unspecified atom stereocenters. The molecule has 20 heavy (non-hydrogen) atoms. The van der Waals surface area contributed by atoms with E-state index in [0.717, 1.165) is 29.4 Å². The second-order valence-electron chi connectivity index (χ2n) is 5.43.